The van der Waals surface area contributed by atoms with Crippen molar-refractivity contribution in [2.24, 2.45) is 0 Å². The highest BCUT2D eigenvalue weighted by Crippen LogP contribution is 2.26. The highest BCUT2D eigenvalue weighted by Gasteiger charge is 2.11. The molecule has 3 rings (SSSR count). The van der Waals surface area contributed by atoms with Gasteiger partial charge in [0.25, 0.3) is 0 Å². The van der Waals surface area contributed by atoms with Crippen molar-refractivity contribution >= 4 is 16.9 Å². The van der Waals surface area contributed by atoms with Gasteiger partial charge in [0.05, 0.1) is 24.7 Å². The van der Waals surface area contributed by atoms with Gasteiger partial charge in [0, 0.05) is 19.9 Å². The Balaban J connectivity index is 1.61. The number of aromatic nitrogens is 2. The predicted molar refractivity (Wildman–Crippen MR) is 114 cm³/mol. The fourth-order valence-corrected chi connectivity index (χ4v) is 3.40. The summed E-state index contributed by atoms with van der Waals surface area (Å²) in [6.07, 6.45) is 3.98. The Morgan fingerprint density at radius 1 is 1.03 bits per heavy atom. The summed E-state index contributed by atoms with van der Waals surface area (Å²) in [5.41, 5.74) is 2.14. The van der Waals surface area contributed by atoms with Gasteiger partial charge in [-0.3, -0.25) is 4.79 Å². The van der Waals surface area contributed by atoms with Gasteiger partial charge in [-0.05, 0) is 37.1 Å². The largest absolute Gasteiger partial charge is 0.493 e. The molecule has 1 amide bonds. The summed E-state index contributed by atoms with van der Waals surface area (Å²) in [5.74, 6) is 2.59. The van der Waals surface area contributed by atoms with Gasteiger partial charge >= 0.3 is 0 Å². The van der Waals surface area contributed by atoms with Crippen molar-refractivity contribution in [2.45, 2.75) is 39.2 Å². The quantitative estimate of drug-likeness (QED) is 0.499. The summed E-state index contributed by atoms with van der Waals surface area (Å²) < 4.78 is 13.6. The molecule has 0 unspecified atom stereocenters. The highest BCUT2D eigenvalue weighted by atomic mass is 16.5. The van der Waals surface area contributed by atoms with E-state index in [0.717, 1.165) is 67.1 Å². The Bertz CT molecular complexity index is 936. The zero-order valence-electron chi connectivity index (χ0n) is 17.2. The van der Waals surface area contributed by atoms with Crippen molar-refractivity contribution < 1.29 is 14.3 Å². The van der Waals surface area contributed by atoms with E-state index in [1.165, 1.54) is 0 Å². The van der Waals surface area contributed by atoms with Crippen LogP contribution in [-0.4, -0.2) is 35.7 Å². The second-order valence-corrected chi connectivity index (χ2v) is 6.96. The smallest absolute Gasteiger partial charge is 0.216 e. The van der Waals surface area contributed by atoms with Crippen molar-refractivity contribution in [3.05, 3.63) is 54.4 Å². The lowest BCUT2D eigenvalue weighted by Gasteiger charge is -2.13. The van der Waals surface area contributed by atoms with E-state index in [4.69, 9.17) is 14.5 Å². The molecule has 0 aliphatic heterocycles. The molecular formula is C23H29N3O3. The number of benzene rings is 2. The summed E-state index contributed by atoms with van der Waals surface area (Å²) in [6.45, 7) is 3.55. The lowest BCUT2D eigenvalue weighted by atomic mass is 10.2. The van der Waals surface area contributed by atoms with Crippen molar-refractivity contribution in [3.63, 3.8) is 0 Å². The van der Waals surface area contributed by atoms with Gasteiger partial charge in [0.15, 0.2) is 11.5 Å². The van der Waals surface area contributed by atoms with Crippen LogP contribution in [0.2, 0.25) is 0 Å². The van der Waals surface area contributed by atoms with E-state index in [1.54, 1.807) is 14.0 Å². The second-order valence-electron chi connectivity index (χ2n) is 6.96. The first-order valence-corrected chi connectivity index (χ1v) is 10.1. The topological polar surface area (TPSA) is 65.4 Å². The molecule has 2 aromatic carbocycles. The van der Waals surface area contributed by atoms with Gasteiger partial charge in [-0.2, -0.15) is 0 Å². The summed E-state index contributed by atoms with van der Waals surface area (Å²) >= 11 is 0. The molecular weight excluding hydrogens is 366 g/mol. The number of ether oxygens (including phenoxy) is 2. The normalized spacial score (nSPS) is 10.8. The number of hydrogen-bond donors (Lipinski definition) is 1. The van der Waals surface area contributed by atoms with E-state index in [1.807, 2.05) is 42.5 Å². The fraction of sp³-hybridized carbons (Fsp3) is 0.391. The van der Waals surface area contributed by atoms with Crippen LogP contribution < -0.4 is 14.8 Å². The van der Waals surface area contributed by atoms with Crippen LogP contribution in [0.4, 0.5) is 0 Å². The van der Waals surface area contributed by atoms with Crippen LogP contribution in [0.3, 0.4) is 0 Å². The summed E-state index contributed by atoms with van der Waals surface area (Å²) in [7, 11) is 1.65. The minimum absolute atomic E-state index is 0.0295. The number of amides is 1. The number of fused-ring (bicyclic) bond motifs is 1. The number of nitrogens with zero attached hydrogens (tertiary/aromatic N) is 2. The third-order valence-electron chi connectivity index (χ3n) is 4.83. The molecule has 3 aromatic rings. The predicted octanol–water partition coefficient (Wildman–Crippen LogP) is 3.97. The lowest BCUT2D eigenvalue weighted by molar-refractivity contribution is -0.118. The third-order valence-corrected chi connectivity index (χ3v) is 4.83. The first-order chi connectivity index (χ1) is 14.2. The highest BCUT2D eigenvalue weighted by molar-refractivity contribution is 5.75. The summed E-state index contributed by atoms with van der Waals surface area (Å²) in [4.78, 5) is 15.8. The van der Waals surface area contributed by atoms with Crippen LogP contribution in [0.5, 0.6) is 11.5 Å². The molecule has 1 N–H and O–H groups in total. The minimum atomic E-state index is 0.0295. The van der Waals surface area contributed by atoms with Crippen molar-refractivity contribution in [1.29, 1.82) is 0 Å². The maximum atomic E-state index is 10.9. The van der Waals surface area contributed by atoms with Gasteiger partial charge < -0.3 is 19.4 Å². The Morgan fingerprint density at radius 2 is 1.79 bits per heavy atom. The first kappa shape index (κ1) is 20.7. The molecule has 0 bridgehead atoms. The Morgan fingerprint density at radius 3 is 2.59 bits per heavy atom. The number of para-hydroxylation sites is 4. The van der Waals surface area contributed by atoms with Crippen molar-refractivity contribution in [2.75, 3.05) is 20.3 Å². The van der Waals surface area contributed by atoms with Gasteiger partial charge in [0.1, 0.15) is 12.4 Å². The van der Waals surface area contributed by atoms with Crippen LogP contribution in [0.15, 0.2) is 48.5 Å². The maximum Gasteiger partial charge on any atom is 0.216 e. The molecule has 0 spiro atoms. The first-order valence-electron chi connectivity index (χ1n) is 10.1. The maximum absolute atomic E-state index is 10.9. The van der Waals surface area contributed by atoms with E-state index in [0.29, 0.717) is 6.61 Å². The third kappa shape index (κ3) is 5.73. The molecule has 1 aromatic heterocycles. The number of hydrogen-bond acceptors (Lipinski definition) is 4. The van der Waals surface area contributed by atoms with Crippen LogP contribution >= 0.6 is 0 Å². The molecule has 0 saturated carbocycles. The van der Waals surface area contributed by atoms with Crippen LogP contribution in [0, 0.1) is 0 Å². The number of carbonyl (C=O) groups excluding carboxylic acids is 1. The SMILES string of the molecule is COc1ccccc1OCCn1c(CCCCCNC(C)=O)nc2ccccc21. The van der Waals surface area contributed by atoms with Crippen LogP contribution in [-0.2, 0) is 17.8 Å². The molecule has 0 aliphatic rings. The second kappa shape index (κ2) is 10.5. The number of imidazole rings is 1. The van der Waals surface area contributed by atoms with Gasteiger partial charge in [0.2, 0.25) is 5.91 Å². The van der Waals surface area contributed by atoms with Gasteiger partial charge in [-0.25, -0.2) is 4.98 Å². The minimum Gasteiger partial charge on any atom is -0.493 e. The monoisotopic (exact) mass is 395 g/mol. The summed E-state index contributed by atoms with van der Waals surface area (Å²) in [5, 5.41) is 2.84. The molecule has 0 aliphatic carbocycles. The number of aryl methyl sites for hydroxylation is 1. The Labute approximate surface area is 171 Å². The van der Waals surface area contributed by atoms with E-state index in [2.05, 4.69) is 16.0 Å². The molecule has 0 saturated heterocycles. The molecule has 6 nitrogen and oxygen atoms in total. The number of rotatable bonds is 11. The average Bonchev–Trinajstić information content (AvgIpc) is 3.08. The lowest BCUT2D eigenvalue weighted by Crippen LogP contribution is -2.20. The van der Waals surface area contributed by atoms with Crippen molar-refractivity contribution in [1.82, 2.24) is 14.9 Å². The van der Waals surface area contributed by atoms with E-state index >= 15 is 0 Å². The molecule has 0 atom stereocenters. The number of unbranched alkanes of at least 4 members (excludes halogenated alkanes) is 2. The molecule has 29 heavy (non-hydrogen) atoms. The number of carbonyl (C=O) groups is 1. The van der Waals surface area contributed by atoms with E-state index in [-0.39, 0.29) is 5.91 Å². The van der Waals surface area contributed by atoms with E-state index in [9.17, 15) is 4.79 Å². The van der Waals surface area contributed by atoms with E-state index < -0.39 is 0 Å². The zero-order valence-corrected chi connectivity index (χ0v) is 17.2. The van der Waals surface area contributed by atoms with Crippen molar-refractivity contribution in [3.8, 4) is 11.5 Å². The Hall–Kier alpha value is -3.02. The fourth-order valence-electron chi connectivity index (χ4n) is 3.40. The molecule has 154 valence electrons. The zero-order chi connectivity index (χ0) is 20.5. The average molecular weight is 396 g/mol. The molecule has 0 fully saturated rings. The number of methoxy groups -OCH3 is 1. The van der Waals surface area contributed by atoms with Gasteiger partial charge in [-0.1, -0.05) is 30.7 Å². The van der Waals surface area contributed by atoms with Gasteiger partial charge in [-0.15, -0.1) is 0 Å². The summed E-state index contributed by atoms with van der Waals surface area (Å²) in [6, 6.07) is 15.9. The Kier molecular flexibility index (Phi) is 7.50. The standard InChI is InChI=1S/C23H29N3O3/c1-18(27)24-15-9-3-4-14-23-25-19-10-5-6-11-20(19)26(23)16-17-29-22-13-8-7-12-21(22)28-2/h5-8,10-13H,3-4,9,14-17H2,1-2H3,(H,24,27). The van der Waals surface area contributed by atoms with Crippen LogP contribution in [0.1, 0.15) is 32.0 Å². The van der Waals surface area contributed by atoms with Crippen LogP contribution in [0.25, 0.3) is 11.0 Å². The molecule has 6 heteroatoms. The number of nitrogens with one attached hydrogen (secondary N) is 1. The molecule has 1 heterocycles. The molecule has 0 radical (unpaired) electrons.